The van der Waals surface area contributed by atoms with E-state index < -0.39 is 28.0 Å². The van der Waals surface area contributed by atoms with Gasteiger partial charge in [0.15, 0.2) is 0 Å². The number of ether oxygens (including phenoxy) is 2. The number of hydrogen-bond acceptors (Lipinski definition) is 7. The van der Waals surface area contributed by atoms with Gasteiger partial charge in [-0.1, -0.05) is 18.5 Å². The Morgan fingerprint density at radius 3 is 2.68 bits per heavy atom. The Morgan fingerprint density at radius 2 is 2.06 bits per heavy atom. The highest BCUT2D eigenvalue weighted by Gasteiger charge is 2.42. The minimum Gasteiger partial charge on any atom is -0.382 e. The molecule has 0 aromatic carbocycles. The summed E-state index contributed by atoms with van der Waals surface area (Å²) in [5, 5.41) is 0. The molecule has 0 saturated carbocycles. The normalized spacial score (nSPS) is 22.0. The van der Waals surface area contributed by atoms with Gasteiger partial charge in [0.2, 0.25) is 21.8 Å². The molecular weight excluding hydrogens is 466 g/mol. The maximum atomic E-state index is 13.0. The molecule has 174 valence electrons. The molecule has 0 radical (unpaired) electrons. The summed E-state index contributed by atoms with van der Waals surface area (Å²) in [6.45, 7) is 3.97. The Hall–Kier alpha value is -1.24. The molecule has 1 unspecified atom stereocenters. The van der Waals surface area contributed by atoms with E-state index in [9.17, 15) is 18.0 Å². The van der Waals surface area contributed by atoms with Gasteiger partial charge >= 0.3 is 0 Å². The van der Waals surface area contributed by atoms with E-state index in [0.717, 1.165) is 4.88 Å². The lowest BCUT2D eigenvalue weighted by atomic mass is 10.2. The molecule has 1 aromatic rings. The molecule has 0 spiro atoms. The van der Waals surface area contributed by atoms with Crippen LogP contribution in [0, 0.1) is 0 Å². The van der Waals surface area contributed by atoms with Crippen LogP contribution in [-0.2, 0) is 29.1 Å². The summed E-state index contributed by atoms with van der Waals surface area (Å²) in [5.74, 6) is -1.02. The summed E-state index contributed by atoms with van der Waals surface area (Å²) in [4.78, 5) is 29.9. The number of halogens is 1. The van der Waals surface area contributed by atoms with Gasteiger partial charge in [-0.3, -0.25) is 9.59 Å². The van der Waals surface area contributed by atoms with Crippen molar-refractivity contribution in [3.63, 3.8) is 0 Å². The fourth-order valence-electron chi connectivity index (χ4n) is 3.84. The van der Waals surface area contributed by atoms with Gasteiger partial charge in [-0.25, -0.2) is 13.1 Å². The summed E-state index contributed by atoms with van der Waals surface area (Å²) < 4.78 is 39.0. The molecule has 2 amide bonds. The molecule has 3 atom stereocenters. The molecule has 3 heterocycles. The number of nitrogens with one attached hydrogen (secondary N) is 1. The van der Waals surface area contributed by atoms with Crippen LogP contribution in [0.2, 0.25) is 4.34 Å². The van der Waals surface area contributed by atoms with Crippen molar-refractivity contribution in [2.24, 2.45) is 0 Å². The molecule has 31 heavy (non-hydrogen) atoms. The average Bonchev–Trinajstić information content (AvgIpc) is 3.32. The van der Waals surface area contributed by atoms with Crippen LogP contribution in [0.3, 0.4) is 0 Å². The lowest BCUT2D eigenvalue weighted by Crippen LogP contribution is -2.55. The smallest absolute Gasteiger partial charge is 0.247 e. The quantitative estimate of drug-likeness (QED) is 0.548. The van der Waals surface area contributed by atoms with E-state index in [0.29, 0.717) is 37.1 Å². The number of likely N-dealkylation sites (tertiary alicyclic amines) is 1. The van der Waals surface area contributed by atoms with Crippen LogP contribution in [-0.4, -0.2) is 94.4 Å². The van der Waals surface area contributed by atoms with E-state index in [2.05, 4.69) is 4.72 Å². The summed E-state index contributed by atoms with van der Waals surface area (Å²) in [6, 6.07) is 1.87. The number of sulfonamides is 1. The number of rotatable bonds is 9. The minimum absolute atomic E-state index is 0.0531. The van der Waals surface area contributed by atoms with Crippen LogP contribution in [0.5, 0.6) is 0 Å². The van der Waals surface area contributed by atoms with E-state index >= 15 is 0 Å². The molecule has 1 aromatic heterocycles. The molecule has 1 N–H and O–H groups in total. The number of morpholine rings is 1. The second-order valence-corrected chi connectivity index (χ2v) is 11.3. The third-order valence-electron chi connectivity index (χ3n) is 5.42. The molecule has 0 bridgehead atoms. The van der Waals surface area contributed by atoms with E-state index in [4.69, 9.17) is 21.1 Å². The summed E-state index contributed by atoms with van der Waals surface area (Å²) in [7, 11) is -2.24. The van der Waals surface area contributed by atoms with Crippen LogP contribution >= 0.6 is 22.9 Å². The van der Waals surface area contributed by atoms with E-state index in [1.54, 1.807) is 17.9 Å². The molecule has 2 saturated heterocycles. The summed E-state index contributed by atoms with van der Waals surface area (Å²) >= 11 is 7.28. The number of nitrogens with zero attached hydrogens (tertiary/aromatic N) is 2. The van der Waals surface area contributed by atoms with Gasteiger partial charge in [-0.15, -0.1) is 11.3 Å². The Balaban J connectivity index is 1.63. The van der Waals surface area contributed by atoms with Crippen LogP contribution in [0.15, 0.2) is 12.1 Å². The van der Waals surface area contributed by atoms with Crippen molar-refractivity contribution in [2.45, 2.75) is 31.3 Å². The first-order chi connectivity index (χ1) is 14.7. The number of amides is 2. The van der Waals surface area contributed by atoms with Gasteiger partial charge in [-0.2, -0.15) is 0 Å². The zero-order valence-corrected chi connectivity index (χ0v) is 20.0. The zero-order valence-electron chi connectivity index (χ0n) is 17.6. The third kappa shape index (κ3) is 6.17. The predicted octanol–water partition coefficient (Wildman–Crippen LogP) is 0.899. The van der Waals surface area contributed by atoms with Crippen molar-refractivity contribution in [1.29, 1.82) is 0 Å². The molecule has 2 aliphatic rings. The topological polar surface area (TPSA) is 105 Å². The molecular formula is C19H28ClN3O6S2. The van der Waals surface area contributed by atoms with Crippen LogP contribution < -0.4 is 4.72 Å². The molecule has 3 rings (SSSR count). The van der Waals surface area contributed by atoms with Gasteiger partial charge in [0.25, 0.3) is 0 Å². The molecule has 2 fully saturated rings. The highest BCUT2D eigenvalue weighted by atomic mass is 35.5. The third-order valence-corrected chi connectivity index (χ3v) is 8.46. The SMILES string of the molecule is COC[C@@H](C(=O)N1CCOCC1)N1CC[C@H](NS(=O)(=O)CC(C)c2ccc(Cl)s2)C1=O. The Labute approximate surface area is 191 Å². The summed E-state index contributed by atoms with van der Waals surface area (Å²) in [5.41, 5.74) is 0. The fourth-order valence-corrected chi connectivity index (χ4v) is 6.64. The largest absolute Gasteiger partial charge is 0.382 e. The van der Waals surface area contributed by atoms with E-state index in [1.807, 2.05) is 6.07 Å². The molecule has 9 nitrogen and oxygen atoms in total. The van der Waals surface area contributed by atoms with Gasteiger partial charge in [0, 0.05) is 37.5 Å². The maximum absolute atomic E-state index is 13.0. The number of methoxy groups -OCH3 is 1. The number of thiophene rings is 1. The van der Waals surface area contributed by atoms with Gasteiger partial charge in [0.05, 0.1) is 29.9 Å². The second kappa shape index (κ2) is 10.6. The minimum atomic E-state index is -3.72. The van der Waals surface area contributed by atoms with Crippen molar-refractivity contribution in [2.75, 3.05) is 52.3 Å². The van der Waals surface area contributed by atoms with E-state index in [1.165, 1.54) is 23.3 Å². The van der Waals surface area contributed by atoms with Crippen molar-refractivity contribution in [3.8, 4) is 0 Å². The molecule has 12 heteroatoms. The van der Waals surface area contributed by atoms with Crippen LogP contribution in [0.25, 0.3) is 0 Å². The second-order valence-electron chi connectivity index (χ2n) is 7.72. The molecule has 2 aliphatic heterocycles. The zero-order chi connectivity index (χ0) is 22.6. The highest BCUT2D eigenvalue weighted by Crippen LogP contribution is 2.29. The highest BCUT2D eigenvalue weighted by molar-refractivity contribution is 7.89. The average molecular weight is 494 g/mol. The number of carbonyl (C=O) groups is 2. The predicted molar refractivity (Wildman–Crippen MR) is 118 cm³/mol. The number of hydrogen-bond donors (Lipinski definition) is 1. The first-order valence-corrected chi connectivity index (χ1v) is 13.0. The first kappa shape index (κ1) is 24.4. The van der Waals surface area contributed by atoms with Crippen molar-refractivity contribution in [3.05, 3.63) is 21.3 Å². The summed E-state index contributed by atoms with van der Waals surface area (Å²) in [6.07, 6.45) is 0.299. The Bertz CT molecular complexity index is 887. The van der Waals surface area contributed by atoms with Gasteiger partial charge in [0.1, 0.15) is 12.1 Å². The first-order valence-electron chi connectivity index (χ1n) is 10.1. The molecule has 0 aliphatic carbocycles. The fraction of sp³-hybridized carbons (Fsp3) is 0.684. The van der Waals surface area contributed by atoms with Crippen LogP contribution in [0.1, 0.15) is 24.1 Å². The standard InChI is InChI=1S/C19H28ClN3O6S2/c1-13(16-3-4-17(20)30-16)12-31(26,27)21-14-5-6-23(18(14)24)15(11-28-2)19(25)22-7-9-29-10-8-22/h3-4,13-15,21H,5-12H2,1-2H3/t13?,14-,15-/m0/s1. The lowest BCUT2D eigenvalue weighted by molar-refractivity contribution is -0.148. The van der Waals surface area contributed by atoms with Gasteiger partial charge in [-0.05, 0) is 18.6 Å². The van der Waals surface area contributed by atoms with Crippen LogP contribution in [0.4, 0.5) is 0 Å². The lowest BCUT2D eigenvalue weighted by Gasteiger charge is -2.34. The monoisotopic (exact) mass is 493 g/mol. The number of carbonyl (C=O) groups excluding carboxylic acids is 2. The maximum Gasteiger partial charge on any atom is 0.247 e. The van der Waals surface area contributed by atoms with Crippen molar-refractivity contribution < 1.29 is 27.5 Å². The van der Waals surface area contributed by atoms with E-state index in [-0.39, 0.29) is 30.7 Å². The Morgan fingerprint density at radius 1 is 1.35 bits per heavy atom. The van der Waals surface area contributed by atoms with Crippen molar-refractivity contribution >= 4 is 44.8 Å². The van der Waals surface area contributed by atoms with Gasteiger partial charge < -0.3 is 19.3 Å². The van der Waals surface area contributed by atoms with Crippen molar-refractivity contribution in [1.82, 2.24) is 14.5 Å². The Kier molecular flexibility index (Phi) is 8.33.